The number of ether oxygens (including phenoxy) is 1. The third-order valence-electron chi connectivity index (χ3n) is 4.18. The van der Waals surface area contributed by atoms with Crippen molar-refractivity contribution in [2.45, 2.75) is 26.3 Å². The van der Waals surface area contributed by atoms with E-state index in [-0.39, 0.29) is 18.9 Å². The first kappa shape index (κ1) is 20.2. The van der Waals surface area contributed by atoms with Gasteiger partial charge in [0.2, 0.25) is 0 Å². The molecule has 3 aromatic rings. The summed E-state index contributed by atoms with van der Waals surface area (Å²) in [5.41, 5.74) is 1.68. The minimum Gasteiger partial charge on any atom is -0.466 e. The van der Waals surface area contributed by atoms with Gasteiger partial charge in [-0.05, 0) is 55.8 Å². The molecule has 0 saturated heterocycles. The van der Waals surface area contributed by atoms with Crippen LogP contribution in [0.25, 0.3) is 11.5 Å². The monoisotopic (exact) mass is 397 g/mol. The van der Waals surface area contributed by atoms with Crippen molar-refractivity contribution in [3.63, 3.8) is 0 Å². The van der Waals surface area contributed by atoms with E-state index in [0.717, 1.165) is 0 Å². The normalized spacial score (nSPS) is 11.7. The van der Waals surface area contributed by atoms with Crippen molar-refractivity contribution in [3.05, 3.63) is 71.3 Å². The summed E-state index contributed by atoms with van der Waals surface area (Å²) < 4.78 is 23.3. The van der Waals surface area contributed by atoms with Crippen LogP contribution >= 0.6 is 0 Å². The van der Waals surface area contributed by atoms with Crippen molar-refractivity contribution in [1.29, 1.82) is 0 Å². The quantitative estimate of drug-likeness (QED) is 0.612. The fourth-order valence-electron chi connectivity index (χ4n) is 2.75. The Kier molecular flexibility index (Phi) is 6.33. The van der Waals surface area contributed by atoms with E-state index in [1.807, 2.05) is 0 Å². The molecule has 7 nitrogen and oxygen atoms in total. The van der Waals surface area contributed by atoms with Crippen LogP contribution in [-0.4, -0.2) is 28.6 Å². The van der Waals surface area contributed by atoms with Crippen LogP contribution in [0.15, 0.2) is 53.1 Å². The number of carbonyl (C=O) groups is 2. The Labute approximate surface area is 166 Å². The number of esters is 1. The fraction of sp³-hybridized carbons (Fsp3) is 0.238. The molecule has 3 rings (SSSR count). The van der Waals surface area contributed by atoms with E-state index in [9.17, 15) is 14.0 Å². The van der Waals surface area contributed by atoms with E-state index < -0.39 is 17.8 Å². The number of nitrogens with zero attached hydrogens (tertiary/aromatic N) is 2. The third kappa shape index (κ3) is 5.25. The maximum absolute atomic E-state index is 13.2. The number of aryl methyl sites for hydroxylation is 1. The molecule has 2 aromatic carbocycles. The molecule has 1 atom stereocenters. The first-order valence-corrected chi connectivity index (χ1v) is 9.09. The minimum absolute atomic E-state index is 0.0649. The average Bonchev–Trinajstić information content (AvgIpc) is 3.15. The maximum atomic E-state index is 13.2. The predicted molar refractivity (Wildman–Crippen MR) is 102 cm³/mol. The molecule has 1 unspecified atom stereocenters. The summed E-state index contributed by atoms with van der Waals surface area (Å²) in [5, 5.41) is 6.54. The molecule has 150 valence electrons. The van der Waals surface area contributed by atoms with Gasteiger partial charge in [0.05, 0.1) is 19.1 Å². The molecule has 0 aliphatic carbocycles. The van der Waals surface area contributed by atoms with Crippen LogP contribution in [0.3, 0.4) is 0 Å². The van der Waals surface area contributed by atoms with Gasteiger partial charge in [0.25, 0.3) is 11.8 Å². The van der Waals surface area contributed by atoms with Crippen molar-refractivity contribution in [2.24, 2.45) is 0 Å². The molecule has 1 aromatic heterocycles. The van der Waals surface area contributed by atoms with E-state index in [0.29, 0.717) is 28.4 Å². The zero-order valence-corrected chi connectivity index (χ0v) is 16.0. The highest BCUT2D eigenvalue weighted by atomic mass is 19.1. The third-order valence-corrected chi connectivity index (χ3v) is 4.18. The van der Waals surface area contributed by atoms with E-state index in [1.54, 1.807) is 38.1 Å². The highest BCUT2D eigenvalue weighted by molar-refractivity contribution is 5.95. The number of rotatable bonds is 7. The van der Waals surface area contributed by atoms with E-state index >= 15 is 0 Å². The number of aromatic nitrogens is 2. The van der Waals surface area contributed by atoms with Gasteiger partial charge in [-0.3, -0.25) is 9.59 Å². The molecule has 1 N–H and O–H groups in total. The second-order valence-electron chi connectivity index (χ2n) is 6.31. The molecular weight excluding hydrogens is 377 g/mol. The predicted octanol–water partition coefficient (Wildman–Crippen LogP) is 3.61. The molecule has 29 heavy (non-hydrogen) atoms. The summed E-state index contributed by atoms with van der Waals surface area (Å²) in [6.45, 7) is 3.66. The largest absolute Gasteiger partial charge is 0.466 e. The van der Waals surface area contributed by atoms with Crippen LogP contribution in [-0.2, 0) is 9.53 Å². The smallest absolute Gasteiger partial charge is 0.308 e. The van der Waals surface area contributed by atoms with Crippen LogP contribution in [0, 0.1) is 12.7 Å². The summed E-state index contributed by atoms with van der Waals surface area (Å²) in [4.78, 5) is 28.8. The highest BCUT2D eigenvalue weighted by Crippen LogP contribution is 2.21. The van der Waals surface area contributed by atoms with Crippen molar-refractivity contribution in [3.8, 4) is 11.5 Å². The average molecular weight is 397 g/mol. The number of hydrogen-bond acceptors (Lipinski definition) is 6. The van der Waals surface area contributed by atoms with Crippen LogP contribution in [0.2, 0.25) is 0 Å². The Morgan fingerprint density at radius 2 is 1.83 bits per heavy atom. The summed E-state index contributed by atoms with van der Waals surface area (Å²) in [6.07, 6.45) is -0.0649. The molecule has 0 aliphatic rings. The van der Waals surface area contributed by atoms with Crippen LogP contribution in [0.1, 0.15) is 41.1 Å². The molecule has 0 saturated carbocycles. The Bertz CT molecular complexity index is 984. The van der Waals surface area contributed by atoms with Crippen LogP contribution in [0.4, 0.5) is 4.39 Å². The Morgan fingerprint density at radius 3 is 2.41 bits per heavy atom. The topological polar surface area (TPSA) is 94.3 Å². The molecule has 0 radical (unpaired) electrons. The van der Waals surface area contributed by atoms with Gasteiger partial charge in [-0.1, -0.05) is 17.3 Å². The van der Waals surface area contributed by atoms with E-state index in [1.165, 1.54) is 24.3 Å². The molecule has 1 amide bonds. The van der Waals surface area contributed by atoms with Gasteiger partial charge in [0, 0.05) is 11.1 Å². The molecule has 0 spiro atoms. The first-order chi connectivity index (χ1) is 14.0. The number of halogens is 1. The minimum atomic E-state index is -0.652. The van der Waals surface area contributed by atoms with Gasteiger partial charge in [0.15, 0.2) is 5.82 Å². The summed E-state index contributed by atoms with van der Waals surface area (Å²) in [5.74, 6) is -0.355. The lowest BCUT2D eigenvalue weighted by Crippen LogP contribution is -2.30. The molecule has 0 fully saturated rings. The first-order valence-electron chi connectivity index (χ1n) is 9.09. The molecular formula is C21H20FN3O4. The molecule has 0 bridgehead atoms. The summed E-state index contributed by atoms with van der Waals surface area (Å²) >= 11 is 0. The second-order valence-corrected chi connectivity index (χ2v) is 6.31. The van der Waals surface area contributed by atoms with E-state index in [4.69, 9.17) is 9.26 Å². The fourth-order valence-corrected chi connectivity index (χ4v) is 2.75. The summed E-state index contributed by atoms with van der Waals surface area (Å²) in [7, 11) is 0. The zero-order chi connectivity index (χ0) is 20.8. The number of hydrogen-bond donors (Lipinski definition) is 1. The van der Waals surface area contributed by atoms with Crippen molar-refractivity contribution < 1.29 is 23.2 Å². The van der Waals surface area contributed by atoms with E-state index in [2.05, 4.69) is 15.5 Å². The van der Waals surface area contributed by atoms with Gasteiger partial charge in [0.1, 0.15) is 5.82 Å². The van der Waals surface area contributed by atoms with Crippen molar-refractivity contribution in [2.75, 3.05) is 6.61 Å². The van der Waals surface area contributed by atoms with Crippen molar-refractivity contribution in [1.82, 2.24) is 15.5 Å². The Morgan fingerprint density at radius 1 is 1.14 bits per heavy atom. The standard InChI is InChI=1S/C21H20FN3O4/c1-3-28-19(26)12-18(14-8-10-17(22)11-9-14)24-20(27)15-4-6-16(7-5-15)21-23-13(2)25-29-21/h4-11,18H,3,12H2,1-2H3,(H,24,27). The van der Waals surface area contributed by atoms with Crippen LogP contribution < -0.4 is 5.32 Å². The number of carbonyl (C=O) groups excluding carboxylic acids is 2. The Hall–Kier alpha value is -3.55. The van der Waals surface area contributed by atoms with Crippen LogP contribution in [0.5, 0.6) is 0 Å². The Balaban J connectivity index is 1.76. The SMILES string of the molecule is CCOC(=O)CC(NC(=O)c1ccc(-c2nc(C)no2)cc1)c1ccc(F)cc1. The second kappa shape index (κ2) is 9.09. The number of amides is 1. The molecule has 1 heterocycles. The number of nitrogens with one attached hydrogen (secondary N) is 1. The van der Waals surface area contributed by atoms with Gasteiger partial charge in [-0.2, -0.15) is 4.98 Å². The van der Waals surface area contributed by atoms with Gasteiger partial charge in [-0.25, -0.2) is 4.39 Å². The lowest BCUT2D eigenvalue weighted by atomic mass is 10.0. The summed E-state index contributed by atoms with van der Waals surface area (Å²) in [6, 6.07) is 11.6. The van der Waals surface area contributed by atoms with Gasteiger partial charge in [-0.15, -0.1) is 0 Å². The lowest BCUT2D eigenvalue weighted by molar-refractivity contribution is -0.143. The molecule has 8 heteroatoms. The highest BCUT2D eigenvalue weighted by Gasteiger charge is 2.20. The molecule has 0 aliphatic heterocycles. The zero-order valence-electron chi connectivity index (χ0n) is 16.0. The van der Waals surface area contributed by atoms with Gasteiger partial charge < -0.3 is 14.6 Å². The van der Waals surface area contributed by atoms with Gasteiger partial charge >= 0.3 is 5.97 Å². The van der Waals surface area contributed by atoms with Crippen molar-refractivity contribution >= 4 is 11.9 Å². The maximum Gasteiger partial charge on any atom is 0.308 e. The lowest BCUT2D eigenvalue weighted by Gasteiger charge is -2.18. The number of benzene rings is 2.